The second-order valence-electron chi connectivity index (χ2n) is 7.12. The molecule has 2 unspecified atom stereocenters. The quantitative estimate of drug-likeness (QED) is 0.797. The van der Waals surface area contributed by atoms with Gasteiger partial charge in [0.1, 0.15) is 12.7 Å². The van der Waals surface area contributed by atoms with Crippen LogP contribution in [0.1, 0.15) is 31.1 Å². The summed E-state index contributed by atoms with van der Waals surface area (Å²) in [5.74, 6) is -0.315. The molecule has 2 N–H and O–H groups in total. The number of rotatable bonds is 6. The summed E-state index contributed by atoms with van der Waals surface area (Å²) in [5, 5.41) is 12.8. The molecular weight excluding hydrogens is 358 g/mol. The largest absolute Gasteiger partial charge is 0.394 e. The fourth-order valence-corrected chi connectivity index (χ4v) is 3.15. The number of morpholine rings is 1. The smallest absolute Gasteiger partial charge is 0.249 e. The molecule has 1 fully saturated rings. The first kappa shape index (κ1) is 20.0. The molecule has 2 aromatic rings. The third-order valence-electron chi connectivity index (χ3n) is 4.78. The Morgan fingerprint density at radius 3 is 2.54 bits per heavy atom. The fourth-order valence-electron chi connectivity index (χ4n) is 3.15. The number of pyridine rings is 1. The van der Waals surface area contributed by atoms with E-state index in [1.165, 1.54) is 0 Å². The van der Waals surface area contributed by atoms with Gasteiger partial charge in [0, 0.05) is 30.5 Å². The Kier molecular flexibility index (Phi) is 6.38. The molecule has 148 valence electrons. The molecule has 2 amide bonds. The number of aliphatic hydroxyl groups excluding tert-OH is 1. The highest BCUT2D eigenvalue weighted by molar-refractivity contribution is 5.92. The molecule has 1 saturated heterocycles. The number of anilines is 1. The van der Waals surface area contributed by atoms with E-state index in [9.17, 15) is 14.7 Å². The Morgan fingerprint density at radius 1 is 1.25 bits per heavy atom. The average Bonchev–Trinajstić information content (AvgIpc) is 2.70. The normalized spacial score (nSPS) is 19.7. The zero-order valence-electron chi connectivity index (χ0n) is 16.0. The van der Waals surface area contributed by atoms with Crippen LogP contribution in [-0.2, 0) is 20.9 Å². The van der Waals surface area contributed by atoms with E-state index < -0.39 is 12.1 Å². The van der Waals surface area contributed by atoms with Crippen molar-refractivity contribution >= 4 is 17.5 Å². The summed E-state index contributed by atoms with van der Waals surface area (Å²) in [6.45, 7) is 3.79. The Hall–Kier alpha value is -2.77. The average molecular weight is 383 g/mol. The van der Waals surface area contributed by atoms with Crippen LogP contribution in [0.25, 0.3) is 0 Å². The number of ether oxygens (including phenoxy) is 1. The van der Waals surface area contributed by atoms with Crippen molar-refractivity contribution in [2.75, 3.05) is 18.5 Å². The van der Waals surface area contributed by atoms with E-state index in [0.717, 1.165) is 11.1 Å². The van der Waals surface area contributed by atoms with E-state index in [0.29, 0.717) is 12.2 Å². The first-order chi connectivity index (χ1) is 13.5. The van der Waals surface area contributed by atoms with Crippen LogP contribution in [0.3, 0.4) is 0 Å². The zero-order valence-corrected chi connectivity index (χ0v) is 16.0. The van der Waals surface area contributed by atoms with Gasteiger partial charge in [-0.1, -0.05) is 26.0 Å². The number of carbonyl (C=O) groups is 2. The van der Waals surface area contributed by atoms with Crippen molar-refractivity contribution < 1.29 is 19.4 Å². The summed E-state index contributed by atoms with van der Waals surface area (Å²) >= 11 is 0. The summed E-state index contributed by atoms with van der Waals surface area (Å²) in [6.07, 6.45) is 2.91. The van der Waals surface area contributed by atoms with Crippen molar-refractivity contribution in [2.24, 2.45) is 5.92 Å². The van der Waals surface area contributed by atoms with E-state index in [2.05, 4.69) is 10.3 Å². The Labute approximate surface area is 164 Å². The highest BCUT2D eigenvalue weighted by Crippen LogP contribution is 2.30. The van der Waals surface area contributed by atoms with Gasteiger partial charge in [0.05, 0.1) is 12.6 Å². The van der Waals surface area contributed by atoms with Crippen LogP contribution in [-0.4, -0.2) is 46.1 Å². The SMILES string of the molecule is CC(C)C(=O)Nc1ccc(C2OCC(=O)N(Cc3ccncc3)C2CO)cc1. The van der Waals surface area contributed by atoms with Gasteiger partial charge >= 0.3 is 0 Å². The lowest BCUT2D eigenvalue weighted by Gasteiger charge is -2.40. The lowest BCUT2D eigenvalue weighted by atomic mass is 9.98. The van der Waals surface area contributed by atoms with E-state index >= 15 is 0 Å². The molecular formula is C21H25N3O4. The molecule has 1 aromatic carbocycles. The summed E-state index contributed by atoms with van der Waals surface area (Å²) in [6, 6.07) is 10.5. The van der Waals surface area contributed by atoms with Crippen LogP contribution in [0.5, 0.6) is 0 Å². The van der Waals surface area contributed by atoms with Crippen LogP contribution >= 0.6 is 0 Å². The van der Waals surface area contributed by atoms with Crippen molar-refractivity contribution in [1.29, 1.82) is 0 Å². The van der Waals surface area contributed by atoms with Crippen molar-refractivity contribution in [2.45, 2.75) is 32.5 Å². The number of amides is 2. The van der Waals surface area contributed by atoms with Crippen molar-refractivity contribution in [3.05, 3.63) is 59.9 Å². The first-order valence-corrected chi connectivity index (χ1v) is 9.31. The number of nitrogens with zero attached hydrogens (tertiary/aromatic N) is 2. The minimum atomic E-state index is -0.495. The third-order valence-corrected chi connectivity index (χ3v) is 4.78. The standard InChI is InChI=1S/C21H25N3O4/c1-14(2)21(27)23-17-5-3-16(4-6-17)20-18(12-25)24(19(26)13-28-20)11-15-7-9-22-10-8-15/h3-10,14,18,20,25H,11-13H2,1-2H3,(H,23,27). The van der Waals surface area contributed by atoms with E-state index in [-0.39, 0.29) is 30.9 Å². The summed E-state index contributed by atoms with van der Waals surface area (Å²) < 4.78 is 5.76. The predicted molar refractivity (Wildman–Crippen MR) is 104 cm³/mol. The molecule has 7 heteroatoms. The minimum Gasteiger partial charge on any atom is -0.394 e. The van der Waals surface area contributed by atoms with Crippen LogP contribution < -0.4 is 5.32 Å². The highest BCUT2D eigenvalue weighted by atomic mass is 16.5. The van der Waals surface area contributed by atoms with Gasteiger partial charge in [0.15, 0.2) is 0 Å². The highest BCUT2D eigenvalue weighted by Gasteiger charge is 2.37. The molecule has 2 heterocycles. The monoisotopic (exact) mass is 383 g/mol. The fraction of sp³-hybridized carbons (Fsp3) is 0.381. The first-order valence-electron chi connectivity index (χ1n) is 9.31. The predicted octanol–water partition coefficient (Wildman–Crippen LogP) is 2.14. The molecule has 2 atom stereocenters. The number of aliphatic hydroxyl groups is 1. The maximum atomic E-state index is 12.4. The number of benzene rings is 1. The molecule has 0 saturated carbocycles. The van der Waals surface area contributed by atoms with Gasteiger partial charge in [-0.15, -0.1) is 0 Å². The van der Waals surface area contributed by atoms with E-state index in [4.69, 9.17) is 4.74 Å². The van der Waals surface area contributed by atoms with Crippen molar-refractivity contribution in [1.82, 2.24) is 9.88 Å². The Bertz CT molecular complexity index is 808. The molecule has 1 aromatic heterocycles. The minimum absolute atomic E-state index is 0.0436. The number of nitrogens with one attached hydrogen (secondary N) is 1. The second-order valence-corrected chi connectivity index (χ2v) is 7.12. The molecule has 1 aliphatic rings. The van der Waals surface area contributed by atoms with E-state index in [1.54, 1.807) is 29.4 Å². The van der Waals surface area contributed by atoms with Gasteiger partial charge in [0.2, 0.25) is 11.8 Å². The number of carbonyl (C=O) groups excluding carboxylic acids is 2. The van der Waals surface area contributed by atoms with Crippen LogP contribution in [0, 0.1) is 5.92 Å². The Balaban J connectivity index is 1.77. The van der Waals surface area contributed by atoms with E-state index in [1.807, 2.05) is 38.1 Å². The van der Waals surface area contributed by atoms with Gasteiger partial charge < -0.3 is 20.1 Å². The van der Waals surface area contributed by atoms with Crippen LogP contribution in [0.2, 0.25) is 0 Å². The maximum Gasteiger partial charge on any atom is 0.249 e. The topological polar surface area (TPSA) is 91.8 Å². The van der Waals surface area contributed by atoms with Gasteiger partial charge in [-0.2, -0.15) is 0 Å². The van der Waals surface area contributed by atoms with Gasteiger partial charge in [0.25, 0.3) is 0 Å². The molecule has 28 heavy (non-hydrogen) atoms. The van der Waals surface area contributed by atoms with Gasteiger partial charge in [-0.25, -0.2) is 0 Å². The number of hydrogen-bond acceptors (Lipinski definition) is 5. The lowest BCUT2D eigenvalue weighted by Crippen LogP contribution is -2.52. The zero-order chi connectivity index (χ0) is 20.1. The molecule has 0 radical (unpaired) electrons. The second kappa shape index (κ2) is 8.95. The van der Waals surface area contributed by atoms with Gasteiger partial charge in [-0.3, -0.25) is 14.6 Å². The maximum absolute atomic E-state index is 12.4. The van der Waals surface area contributed by atoms with Crippen LogP contribution in [0.15, 0.2) is 48.8 Å². The summed E-state index contributed by atoms with van der Waals surface area (Å²) in [4.78, 5) is 29.9. The molecule has 0 bridgehead atoms. The summed E-state index contributed by atoms with van der Waals surface area (Å²) in [7, 11) is 0. The molecule has 3 rings (SSSR count). The van der Waals surface area contributed by atoms with Gasteiger partial charge in [-0.05, 0) is 35.4 Å². The molecule has 0 aliphatic carbocycles. The lowest BCUT2D eigenvalue weighted by molar-refractivity contribution is -0.162. The Morgan fingerprint density at radius 2 is 1.93 bits per heavy atom. The number of aromatic nitrogens is 1. The molecule has 7 nitrogen and oxygen atoms in total. The third kappa shape index (κ3) is 4.55. The van der Waals surface area contributed by atoms with Crippen LogP contribution in [0.4, 0.5) is 5.69 Å². The summed E-state index contributed by atoms with van der Waals surface area (Å²) in [5.41, 5.74) is 2.48. The van der Waals surface area contributed by atoms with Crippen molar-refractivity contribution in [3.63, 3.8) is 0 Å². The molecule has 0 spiro atoms. The number of hydrogen-bond donors (Lipinski definition) is 2. The molecule has 1 aliphatic heterocycles. The van der Waals surface area contributed by atoms with Crippen molar-refractivity contribution in [3.8, 4) is 0 Å².